The molecule has 2 heterocycles. The molecular weight excluding hydrogens is 697 g/mol. The summed E-state index contributed by atoms with van der Waals surface area (Å²) in [4.78, 5) is 85.7. The smallest absolute Gasteiger partial charge is 0.306 e. The first-order valence-electron chi connectivity index (χ1n) is 18.8. The summed E-state index contributed by atoms with van der Waals surface area (Å²) in [6, 6.07) is 8.10. The molecule has 1 aliphatic rings. The molecule has 0 spiro atoms. The number of carboxylic acid groups (broad SMARTS) is 1. The average molecular weight is 755 g/mol. The fourth-order valence-electron chi connectivity index (χ4n) is 7.15. The van der Waals surface area contributed by atoms with Crippen molar-refractivity contribution in [2.24, 2.45) is 23.7 Å². The Morgan fingerprint density at radius 2 is 1.72 bits per heavy atom. The SMILES string of the molecule is CC[C@H](C)[C@H](CC(=O)[C@H]1CCCCN1C(C)=O)C(=O)N(C)[C@H](C[C@@H](OC(C)=O)c1nc(C(=O)N[C@@H](Cc2ccccc2)C[C@H](C)C(=O)O)cs1)C(C)C. The van der Waals surface area contributed by atoms with Crippen LogP contribution >= 0.6 is 11.3 Å². The van der Waals surface area contributed by atoms with Gasteiger partial charge < -0.3 is 25.0 Å². The van der Waals surface area contributed by atoms with Gasteiger partial charge in [-0.25, -0.2) is 4.98 Å². The number of thiazole rings is 1. The van der Waals surface area contributed by atoms with E-state index in [1.807, 2.05) is 58.0 Å². The summed E-state index contributed by atoms with van der Waals surface area (Å²) in [5.41, 5.74) is 1.07. The van der Waals surface area contributed by atoms with Gasteiger partial charge in [-0.15, -0.1) is 11.3 Å². The van der Waals surface area contributed by atoms with Crippen molar-refractivity contribution in [2.45, 2.75) is 124 Å². The second kappa shape index (κ2) is 20.4. The van der Waals surface area contributed by atoms with Gasteiger partial charge in [-0.1, -0.05) is 71.4 Å². The molecule has 1 aromatic heterocycles. The fourth-order valence-corrected chi connectivity index (χ4v) is 7.99. The summed E-state index contributed by atoms with van der Waals surface area (Å²) in [5, 5.41) is 14.5. The molecule has 0 bridgehead atoms. The molecule has 1 fully saturated rings. The van der Waals surface area contributed by atoms with Gasteiger partial charge in [-0.05, 0) is 49.5 Å². The van der Waals surface area contributed by atoms with E-state index in [9.17, 15) is 33.9 Å². The van der Waals surface area contributed by atoms with E-state index in [1.54, 1.807) is 29.2 Å². The molecule has 0 unspecified atom stereocenters. The number of rotatable bonds is 19. The topological polar surface area (TPSA) is 163 Å². The van der Waals surface area contributed by atoms with Crippen molar-refractivity contribution >= 4 is 46.8 Å². The summed E-state index contributed by atoms with van der Waals surface area (Å²) < 4.78 is 5.77. The minimum Gasteiger partial charge on any atom is -0.481 e. The highest BCUT2D eigenvalue weighted by molar-refractivity contribution is 7.09. The number of nitrogens with one attached hydrogen (secondary N) is 1. The molecule has 2 N–H and O–H groups in total. The van der Waals surface area contributed by atoms with E-state index in [4.69, 9.17) is 4.74 Å². The standard InChI is InChI=1S/C40H58N4O8S/c1-9-25(4)31(21-35(47)33-17-13-14-18-44(33)27(6)45)39(49)43(8)34(24(2)3)22-36(52-28(7)46)38-42-32(23-53-38)37(48)41-30(19-26(5)40(50)51)20-29-15-11-10-12-16-29/h10-12,15-16,23-26,30-31,33-34,36H,9,13-14,17-22H2,1-8H3,(H,41,48)(H,50,51)/t25-,26-,30+,31-,33+,34+,36+/m0/s1. The highest BCUT2D eigenvalue weighted by Crippen LogP contribution is 2.33. The number of ether oxygens (including phenoxy) is 1. The molecule has 0 radical (unpaired) electrons. The third-order valence-electron chi connectivity index (χ3n) is 10.5. The van der Waals surface area contributed by atoms with Gasteiger partial charge in [0, 0.05) is 63.7 Å². The zero-order chi connectivity index (χ0) is 39.4. The zero-order valence-electron chi connectivity index (χ0n) is 32.5. The number of hydrogen-bond donors (Lipinski definition) is 2. The molecular formula is C40H58N4O8S. The zero-order valence-corrected chi connectivity index (χ0v) is 33.3. The number of likely N-dealkylation sites (tertiary alicyclic amines) is 1. The van der Waals surface area contributed by atoms with Crippen molar-refractivity contribution in [3.8, 4) is 0 Å². The Morgan fingerprint density at radius 3 is 2.30 bits per heavy atom. The number of hydrogen-bond acceptors (Lipinski definition) is 9. The molecule has 0 aliphatic carbocycles. The van der Waals surface area contributed by atoms with Gasteiger partial charge in [0.05, 0.1) is 12.0 Å². The molecule has 53 heavy (non-hydrogen) atoms. The van der Waals surface area contributed by atoms with Crippen LogP contribution in [0.3, 0.4) is 0 Å². The Morgan fingerprint density at radius 1 is 1.04 bits per heavy atom. The molecule has 7 atom stereocenters. The quantitative estimate of drug-likeness (QED) is 0.162. The number of benzene rings is 1. The third-order valence-corrected chi connectivity index (χ3v) is 11.4. The number of Topliss-reactive ketones (excluding diaryl/α,β-unsaturated/α-hetero) is 1. The first kappa shape index (κ1) is 43.3. The van der Waals surface area contributed by atoms with Crippen LogP contribution in [-0.4, -0.2) is 87.1 Å². The highest BCUT2D eigenvalue weighted by Gasteiger charge is 2.38. The molecule has 3 amide bonds. The van der Waals surface area contributed by atoms with Crippen LogP contribution in [0.4, 0.5) is 0 Å². The Balaban J connectivity index is 1.82. The molecule has 0 saturated carbocycles. The lowest BCUT2D eigenvalue weighted by molar-refractivity contribution is -0.149. The Labute approximate surface area is 318 Å². The van der Waals surface area contributed by atoms with E-state index in [0.717, 1.165) is 18.4 Å². The van der Waals surface area contributed by atoms with Gasteiger partial charge in [0.15, 0.2) is 11.9 Å². The van der Waals surface area contributed by atoms with Crippen LogP contribution in [-0.2, 0) is 35.1 Å². The van der Waals surface area contributed by atoms with Crippen molar-refractivity contribution in [1.29, 1.82) is 0 Å². The number of aliphatic carboxylic acids is 1. The van der Waals surface area contributed by atoms with Gasteiger partial charge in [0.2, 0.25) is 11.8 Å². The number of carbonyl (C=O) groups is 6. The van der Waals surface area contributed by atoms with Crippen LogP contribution in [0.1, 0.15) is 121 Å². The van der Waals surface area contributed by atoms with Gasteiger partial charge in [-0.2, -0.15) is 0 Å². The van der Waals surface area contributed by atoms with Crippen LogP contribution in [0.2, 0.25) is 0 Å². The largest absolute Gasteiger partial charge is 0.481 e. The van der Waals surface area contributed by atoms with Crippen molar-refractivity contribution in [1.82, 2.24) is 20.1 Å². The molecule has 292 valence electrons. The number of carbonyl (C=O) groups excluding carboxylic acids is 5. The number of nitrogens with zero attached hydrogens (tertiary/aromatic N) is 3. The third kappa shape index (κ3) is 12.5. The van der Waals surface area contributed by atoms with Crippen LogP contribution in [0.15, 0.2) is 35.7 Å². The maximum atomic E-state index is 14.3. The minimum absolute atomic E-state index is 0.0340. The van der Waals surface area contributed by atoms with Gasteiger partial charge in [0.1, 0.15) is 10.7 Å². The molecule has 3 rings (SSSR count). The predicted molar refractivity (Wildman–Crippen MR) is 203 cm³/mol. The van der Waals surface area contributed by atoms with Crippen molar-refractivity contribution in [3.05, 3.63) is 52.0 Å². The predicted octanol–water partition coefficient (Wildman–Crippen LogP) is 6.09. The lowest BCUT2D eigenvalue weighted by Gasteiger charge is -2.38. The molecule has 2 aromatic rings. The number of amides is 3. The molecule has 1 aliphatic heterocycles. The summed E-state index contributed by atoms with van der Waals surface area (Å²) in [6.45, 7) is 12.8. The lowest BCUT2D eigenvalue weighted by Crippen LogP contribution is -2.50. The van der Waals surface area contributed by atoms with Gasteiger partial charge in [-0.3, -0.25) is 28.8 Å². The maximum absolute atomic E-state index is 14.3. The Bertz CT molecular complexity index is 1560. The van der Waals surface area contributed by atoms with Crippen LogP contribution < -0.4 is 5.32 Å². The summed E-state index contributed by atoms with van der Waals surface area (Å²) in [5.74, 6) is -3.81. The number of ketones is 1. The van der Waals surface area contributed by atoms with E-state index in [-0.39, 0.29) is 54.4 Å². The summed E-state index contributed by atoms with van der Waals surface area (Å²) in [6.07, 6.45) is 3.03. The van der Waals surface area contributed by atoms with E-state index in [2.05, 4.69) is 10.3 Å². The molecule has 12 nitrogen and oxygen atoms in total. The van der Waals surface area contributed by atoms with E-state index in [0.29, 0.717) is 30.8 Å². The van der Waals surface area contributed by atoms with E-state index in [1.165, 1.54) is 25.2 Å². The maximum Gasteiger partial charge on any atom is 0.306 e. The van der Waals surface area contributed by atoms with Crippen molar-refractivity contribution < 1.29 is 38.6 Å². The fraction of sp³-hybridized carbons (Fsp3) is 0.625. The van der Waals surface area contributed by atoms with Crippen LogP contribution in [0.25, 0.3) is 0 Å². The number of piperidine rings is 1. The molecule has 1 saturated heterocycles. The van der Waals surface area contributed by atoms with Crippen LogP contribution in [0, 0.1) is 23.7 Å². The monoisotopic (exact) mass is 754 g/mol. The number of carboxylic acids is 1. The summed E-state index contributed by atoms with van der Waals surface area (Å²) >= 11 is 1.17. The second-order valence-corrected chi connectivity index (χ2v) is 15.8. The van der Waals surface area contributed by atoms with Gasteiger partial charge >= 0.3 is 11.9 Å². The Hall–Kier alpha value is -4.13. The van der Waals surface area contributed by atoms with Crippen molar-refractivity contribution in [2.75, 3.05) is 13.6 Å². The first-order chi connectivity index (χ1) is 25.0. The van der Waals surface area contributed by atoms with E-state index >= 15 is 0 Å². The second-order valence-electron chi connectivity index (χ2n) is 14.9. The normalized spacial score (nSPS) is 17.9. The molecule has 1 aromatic carbocycles. The minimum atomic E-state index is -0.952. The number of aromatic nitrogens is 1. The first-order valence-corrected chi connectivity index (χ1v) is 19.7. The van der Waals surface area contributed by atoms with Gasteiger partial charge in [0.25, 0.3) is 5.91 Å². The van der Waals surface area contributed by atoms with E-state index < -0.39 is 53.9 Å². The van der Waals surface area contributed by atoms with Crippen molar-refractivity contribution in [3.63, 3.8) is 0 Å². The summed E-state index contributed by atoms with van der Waals surface area (Å²) in [7, 11) is 1.71. The lowest BCUT2D eigenvalue weighted by atomic mass is 9.82. The number of esters is 1. The highest BCUT2D eigenvalue weighted by atomic mass is 32.1. The molecule has 13 heteroatoms. The van der Waals surface area contributed by atoms with Crippen LogP contribution in [0.5, 0.6) is 0 Å². The Kier molecular flexibility index (Phi) is 16.6. The average Bonchev–Trinajstić information content (AvgIpc) is 3.62.